The molecule has 0 saturated heterocycles. The van der Waals surface area contributed by atoms with E-state index in [1.165, 1.54) is 0 Å². The summed E-state index contributed by atoms with van der Waals surface area (Å²) in [4.78, 5) is 0. The lowest BCUT2D eigenvalue weighted by Crippen LogP contribution is -2.05. The molecule has 0 spiro atoms. The van der Waals surface area contributed by atoms with Crippen LogP contribution in [0.25, 0.3) is 0 Å². The maximum atomic E-state index is 8.60. The molecule has 0 aromatic rings. The van der Waals surface area contributed by atoms with Crippen molar-refractivity contribution in [3.8, 4) is 0 Å². The average Bonchev–Trinajstić information content (AvgIpc) is 1.61. The molecule has 0 fully saturated rings. The molecule has 0 saturated carbocycles. The summed E-state index contributed by atoms with van der Waals surface area (Å²) in [6.45, 7) is 2.30. The van der Waals surface area contributed by atoms with Crippen molar-refractivity contribution in [2.45, 2.75) is 19.4 Å². The summed E-state index contributed by atoms with van der Waals surface area (Å²) in [5, 5.41) is 8.60. The van der Waals surface area contributed by atoms with Gasteiger partial charge in [0.1, 0.15) is 0 Å². The lowest BCUT2D eigenvalue weighted by atomic mass is 10.2. The first-order valence-corrected chi connectivity index (χ1v) is 2.47. The van der Waals surface area contributed by atoms with Crippen LogP contribution in [-0.2, 0) is 0 Å². The normalized spacial score (nSPS) is 14.1. The topological polar surface area (TPSA) is 46.2 Å². The largest absolute Gasteiger partial charge is 0.393 e. The molecule has 2 heteroatoms. The Kier molecular flexibility index (Phi) is 4.04. The smallest absolute Gasteiger partial charge is 0.0515 e. The van der Waals surface area contributed by atoms with E-state index < -0.39 is 0 Å². The molecule has 0 heterocycles. The Bertz CT molecular complexity index is 37.1. The molecule has 0 bridgehead atoms. The standard InChI is InChI=1S/C5H12NO/c1-5(7)3-2-4-6/h2,5,7H,3-4,6H2,1H3. The Labute approximate surface area is 44.3 Å². The van der Waals surface area contributed by atoms with Crippen LogP contribution >= 0.6 is 0 Å². The Hall–Kier alpha value is -0.0800. The van der Waals surface area contributed by atoms with Crippen molar-refractivity contribution in [3.63, 3.8) is 0 Å². The molecule has 0 rings (SSSR count). The predicted octanol–water partition coefficient (Wildman–Crippen LogP) is -0.0797. The average molecular weight is 102 g/mol. The molecular weight excluding hydrogens is 90.1 g/mol. The van der Waals surface area contributed by atoms with Gasteiger partial charge in [0.15, 0.2) is 0 Å². The molecule has 0 aliphatic rings. The molecule has 1 unspecified atom stereocenters. The second kappa shape index (κ2) is 4.09. The third-order valence-electron chi connectivity index (χ3n) is 0.674. The molecular formula is C5H12NO. The van der Waals surface area contributed by atoms with Crippen LogP contribution in [-0.4, -0.2) is 17.8 Å². The lowest BCUT2D eigenvalue weighted by Gasteiger charge is -1.98. The van der Waals surface area contributed by atoms with Crippen molar-refractivity contribution in [3.05, 3.63) is 6.42 Å². The minimum atomic E-state index is -0.233. The summed E-state index contributed by atoms with van der Waals surface area (Å²) in [6, 6.07) is 0. The number of aliphatic hydroxyl groups excluding tert-OH is 1. The van der Waals surface area contributed by atoms with Gasteiger partial charge in [0, 0.05) is 0 Å². The molecule has 43 valence electrons. The molecule has 1 radical (unpaired) electrons. The second-order valence-corrected chi connectivity index (χ2v) is 1.61. The molecule has 3 N–H and O–H groups in total. The minimum Gasteiger partial charge on any atom is -0.393 e. The van der Waals surface area contributed by atoms with Gasteiger partial charge in [0.2, 0.25) is 0 Å². The molecule has 0 amide bonds. The first kappa shape index (κ1) is 6.92. The zero-order chi connectivity index (χ0) is 5.70. The Morgan fingerprint density at radius 3 is 2.57 bits per heavy atom. The van der Waals surface area contributed by atoms with Crippen molar-refractivity contribution in [1.82, 2.24) is 0 Å². The fourth-order valence-electron chi connectivity index (χ4n) is 0.337. The minimum absolute atomic E-state index is 0.233. The Balaban J connectivity index is 2.68. The van der Waals surface area contributed by atoms with Gasteiger partial charge in [-0.05, 0) is 26.3 Å². The number of hydrogen-bond donors (Lipinski definition) is 2. The van der Waals surface area contributed by atoms with Crippen molar-refractivity contribution in [2.75, 3.05) is 6.54 Å². The van der Waals surface area contributed by atoms with Crippen molar-refractivity contribution < 1.29 is 5.11 Å². The summed E-state index contributed by atoms with van der Waals surface area (Å²) in [5.74, 6) is 0. The van der Waals surface area contributed by atoms with E-state index in [4.69, 9.17) is 10.8 Å². The summed E-state index contributed by atoms with van der Waals surface area (Å²) in [6.07, 6.45) is 2.32. The summed E-state index contributed by atoms with van der Waals surface area (Å²) < 4.78 is 0. The van der Waals surface area contributed by atoms with E-state index in [0.29, 0.717) is 13.0 Å². The van der Waals surface area contributed by atoms with Crippen LogP contribution in [0.1, 0.15) is 13.3 Å². The lowest BCUT2D eigenvalue weighted by molar-refractivity contribution is 0.194. The molecule has 2 nitrogen and oxygen atoms in total. The number of nitrogens with two attached hydrogens (primary N) is 1. The van der Waals surface area contributed by atoms with Crippen molar-refractivity contribution in [2.24, 2.45) is 5.73 Å². The SMILES string of the molecule is CC(O)C[CH]CN. The van der Waals surface area contributed by atoms with Gasteiger partial charge in [-0.3, -0.25) is 0 Å². The molecule has 7 heavy (non-hydrogen) atoms. The third kappa shape index (κ3) is 5.92. The van der Waals surface area contributed by atoms with Crippen LogP contribution in [0.5, 0.6) is 0 Å². The van der Waals surface area contributed by atoms with Gasteiger partial charge in [0.05, 0.1) is 6.10 Å². The van der Waals surface area contributed by atoms with Gasteiger partial charge < -0.3 is 10.8 Å². The number of hydrogen-bond acceptors (Lipinski definition) is 2. The summed E-state index contributed by atoms with van der Waals surface area (Å²) in [7, 11) is 0. The van der Waals surface area contributed by atoms with Gasteiger partial charge in [0.25, 0.3) is 0 Å². The zero-order valence-electron chi connectivity index (χ0n) is 4.59. The van der Waals surface area contributed by atoms with Gasteiger partial charge in [-0.1, -0.05) is 0 Å². The third-order valence-corrected chi connectivity index (χ3v) is 0.674. The first-order chi connectivity index (χ1) is 3.27. The molecule has 0 aliphatic carbocycles. The fraction of sp³-hybridized carbons (Fsp3) is 0.800. The number of rotatable bonds is 3. The van der Waals surface area contributed by atoms with E-state index in [9.17, 15) is 0 Å². The monoisotopic (exact) mass is 102 g/mol. The van der Waals surface area contributed by atoms with E-state index in [1.807, 2.05) is 6.42 Å². The first-order valence-electron chi connectivity index (χ1n) is 2.47. The highest BCUT2D eigenvalue weighted by Crippen LogP contribution is 1.89. The molecule has 0 aliphatic heterocycles. The van der Waals surface area contributed by atoms with E-state index in [0.717, 1.165) is 0 Å². The quantitative estimate of drug-likeness (QED) is 0.523. The highest BCUT2D eigenvalue weighted by Gasteiger charge is 1.90. The van der Waals surface area contributed by atoms with Crippen LogP contribution in [0.15, 0.2) is 0 Å². The van der Waals surface area contributed by atoms with Crippen LogP contribution in [0.2, 0.25) is 0 Å². The van der Waals surface area contributed by atoms with E-state index >= 15 is 0 Å². The maximum Gasteiger partial charge on any atom is 0.0515 e. The Morgan fingerprint density at radius 2 is 2.43 bits per heavy atom. The van der Waals surface area contributed by atoms with E-state index in [2.05, 4.69) is 0 Å². The highest BCUT2D eigenvalue weighted by molar-refractivity contribution is 4.67. The van der Waals surface area contributed by atoms with Crippen molar-refractivity contribution >= 4 is 0 Å². The molecule has 1 atom stereocenters. The van der Waals surface area contributed by atoms with E-state index in [1.54, 1.807) is 6.92 Å². The van der Waals surface area contributed by atoms with Crippen molar-refractivity contribution in [1.29, 1.82) is 0 Å². The van der Waals surface area contributed by atoms with Gasteiger partial charge in [-0.25, -0.2) is 0 Å². The number of aliphatic hydroxyl groups is 1. The van der Waals surface area contributed by atoms with Crippen LogP contribution in [0.4, 0.5) is 0 Å². The van der Waals surface area contributed by atoms with E-state index in [-0.39, 0.29) is 6.10 Å². The Morgan fingerprint density at radius 1 is 1.86 bits per heavy atom. The maximum absolute atomic E-state index is 8.60. The summed E-state index contributed by atoms with van der Waals surface area (Å²) >= 11 is 0. The van der Waals surface area contributed by atoms with Crippen LogP contribution in [0, 0.1) is 6.42 Å². The van der Waals surface area contributed by atoms with Crippen LogP contribution in [0.3, 0.4) is 0 Å². The van der Waals surface area contributed by atoms with Gasteiger partial charge in [-0.2, -0.15) is 0 Å². The second-order valence-electron chi connectivity index (χ2n) is 1.61. The fourth-order valence-corrected chi connectivity index (χ4v) is 0.337. The van der Waals surface area contributed by atoms with Gasteiger partial charge in [-0.15, -0.1) is 0 Å². The van der Waals surface area contributed by atoms with Crippen LogP contribution < -0.4 is 5.73 Å². The zero-order valence-corrected chi connectivity index (χ0v) is 4.59. The molecule has 0 aromatic carbocycles. The van der Waals surface area contributed by atoms with Gasteiger partial charge >= 0.3 is 0 Å². The predicted molar refractivity (Wildman–Crippen MR) is 29.7 cm³/mol. The summed E-state index contributed by atoms with van der Waals surface area (Å²) in [5.41, 5.74) is 5.11. The highest BCUT2D eigenvalue weighted by atomic mass is 16.3. The molecule has 0 aromatic heterocycles.